The summed E-state index contributed by atoms with van der Waals surface area (Å²) < 4.78 is 40.8. The first kappa shape index (κ1) is 19.6. The van der Waals surface area contributed by atoms with Crippen LogP contribution in [0.3, 0.4) is 0 Å². The van der Waals surface area contributed by atoms with Gasteiger partial charge in [-0.2, -0.15) is 0 Å². The Labute approximate surface area is 163 Å². The number of hydrogen-bond acceptors (Lipinski definition) is 3. The van der Waals surface area contributed by atoms with E-state index >= 15 is 0 Å². The van der Waals surface area contributed by atoms with Crippen molar-refractivity contribution in [1.29, 1.82) is 0 Å². The number of hydrogen-bond donors (Lipinski definition) is 2. The zero-order valence-corrected chi connectivity index (χ0v) is 16.2. The van der Waals surface area contributed by atoms with Gasteiger partial charge in [0.15, 0.2) is 0 Å². The Bertz CT molecular complexity index is 1130. The quantitative estimate of drug-likeness (QED) is 0.665. The molecule has 144 valence electrons. The molecule has 0 saturated carbocycles. The summed E-state index contributed by atoms with van der Waals surface area (Å²) in [5, 5.41) is 2.59. The molecule has 0 aliphatic carbocycles. The van der Waals surface area contributed by atoms with E-state index in [4.69, 9.17) is 0 Å². The molecular formula is C21H19FN2O3S. The molecule has 3 aromatic rings. The van der Waals surface area contributed by atoms with Gasteiger partial charge in [0, 0.05) is 16.9 Å². The number of carbonyl (C=O) groups excluding carboxylic acids is 1. The van der Waals surface area contributed by atoms with Crippen molar-refractivity contribution in [2.75, 3.05) is 10.0 Å². The molecule has 1 amide bonds. The van der Waals surface area contributed by atoms with Gasteiger partial charge in [-0.15, -0.1) is 0 Å². The van der Waals surface area contributed by atoms with Crippen molar-refractivity contribution in [3.8, 4) is 0 Å². The van der Waals surface area contributed by atoms with Gasteiger partial charge in [0.1, 0.15) is 5.82 Å². The highest BCUT2D eigenvalue weighted by Crippen LogP contribution is 2.20. The number of anilines is 2. The largest absolute Gasteiger partial charge is 0.322 e. The molecule has 0 bridgehead atoms. The summed E-state index contributed by atoms with van der Waals surface area (Å²) in [4.78, 5) is 12.4. The number of nitrogens with one attached hydrogen (secondary N) is 2. The van der Waals surface area contributed by atoms with Crippen LogP contribution in [0.4, 0.5) is 15.8 Å². The fourth-order valence-corrected chi connectivity index (χ4v) is 3.70. The van der Waals surface area contributed by atoms with E-state index in [1.807, 2.05) is 13.8 Å². The maximum Gasteiger partial charge on any atom is 0.261 e. The van der Waals surface area contributed by atoms with E-state index in [0.29, 0.717) is 16.9 Å². The Hall–Kier alpha value is -3.19. The predicted molar refractivity (Wildman–Crippen MR) is 108 cm³/mol. The molecule has 0 atom stereocenters. The third-order valence-corrected chi connectivity index (χ3v) is 5.65. The topological polar surface area (TPSA) is 75.3 Å². The summed E-state index contributed by atoms with van der Waals surface area (Å²) in [6.07, 6.45) is 0. The molecule has 5 nitrogen and oxygen atoms in total. The van der Waals surface area contributed by atoms with E-state index in [0.717, 1.165) is 11.1 Å². The van der Waals surface area contributed by atoms with Gasteiger partial charge in [-0.3, -0.25) is 9.52 Å². The van der Waals surface area contributed by atoms with Gasteiger partial charge in [0.05, 0.1) is 4.90 Å². The molecule has 0 radical (unpaired) electrons. The number of amides is 1. The Kier molecular flexibility index (Phi) is 5.46. The van der Waals surface area contributed by atoms with Crippen molar-refractivity contribution in [2.45, 2.75) is 18.7 Å². The van der Waals surface area contributed by atoms with Gasteiger partial charge in [-0.1, -0.05) is 12.1 Å². The normalized spacial score (nSPS) is 11.1. The Morgan fingerprint density at radius 2 is 1.57 bits per heavy atom. The van der Waals surface area contributed by atoms with E-state index in [2.05, 4.69) is 10.0 Å². The SMILES string of the molecule is Cc1ccc(S(=O)(=O)Nc2ccc(C(=O)Nc3cccc(F)c3)cc2)cc1C. The van der Waals surface area contributed by atoms with Gasteiger partial charge < -0.3 is 5.32 Å². The molecule has 0 saturated heterocycles. The number of carbonyl (C=O) groups is 1. The van der Waals surface area contributed by atoms with Gasteiger partial charge in [-0.25, -0.2) is 12.8 Å². The molecular weight excluding hydrogens is 379 g/mol. The van der Waals surface area contributed by atoms with Crippen molar-refractivity contribution in [3.05, 3.63) is 89.2 Å². The van der Waals surface area contributed by atoms with E-state index < -0.39 is 21.7 Å². The van der Waals surface area contributed by atoms with E-state index in [-0.39, 0.29) is 4.90 Å². The van der Waals surface area contributed by atoms with Crippen molar-refractivity contribution in [3.63, 3.8) is 0 Å². The third-order valence-electron chi connectivity index (χ3n) is 4.27. The monoisotopic (exact) mass is 398 g/mol. The van der Waals surface area contributed by atoms with Crippen LogP contribution in [0, 0.1) is 19.7 Å². The third kappa shape index (κ3) is 4.55. The summed E-state index contributed by atoms with van der Waals surface area (Å²) in [6.45, 7) is 3.76. The Morgan fingerprint density at radius 3 is 2.21 bits per heavy atom. The van der Waals surface area contributed by atoms with Crippen LogP contribution in [0.5, 0.6) is 0 Å². The molecule has 0 aliphatic rings. The average Bonchev–Trinajstić information content (AvgIpc) is 2.64. The molecule has 3 rings (SSSR count). The van der Waals surface area contributed by atoms with Crippen LogP contribution in [0.1, 0.15) is 21.5 Å². The second-order valence-electron chi connectivity index (χ2n) is 6.39. The summed E-state index contributed by atoms with van der Waals surface area (Å²) in [7, 11) is -3.73. The average molecular weight is 398 g/mol. The lowest BCUT2D eigenvalue weighted by atomic mass is 10.1. The Morgan fingerprint density at radius 1 is 0.857 bits per heavy atom. The van der Waals surface area contributed by atoms with Crippen molar-refractivity contribution in [1.82, 2.24) is 0 Å². The molecule has 0 aromatic heterocycles. The maximum atomic E-state index is 13.2. The van der Waals surface area contributed by atoms with Crippen LogP contribution in [-0.2, 0) is 10.0 Å². The summed E-state index contributed by atoms with van der Waals surface area (Å²) in [6, 6.07) is 16.5. The number of sulfonamides is 1. The van der Waals surface area contributed by atoms with Crippen molar-refractivity contribution < 1.29 is 17.6 Å². The minimum absolute atomic E-state index is 0.170. The van der Waals surface area contributed by atoms with E-state index in [9.17, 15) is 17.6 Å². The number of aryl methyl sites for hydroxylation is 2. The first-order valence-electron chi connectivity index (χ1n) is 8.52. The lowest BCUT2D eigenvalue weighted by Crippen LogP contribution is -2.14. The van der Waals surface area contributed by atoms with E-state index in [1.165, 1.54) is 42.5 Å². The van der Waals surface area contributed by atoms with Crippen LogP contribution in [0.2, 0.25) is 0 Å². The zero-order chi connectivity index (χ0) is 20.3. The van der Waals surface area contributed by atoms with Crippen LogP contribution in [0.15, 0.2) is 71.6 Å². The molecule has 0 unspecified atom stereocenters. The highest BCUT2D eigenvalue weighted by molar-refractivity contribution is 7.92. The zero-order valence-electron chi connectivity index (χ0n) is 15.4. The molecule has 28 heavy (non-hydrogen) atoms. The fourth-order valence-electron chi connectivity index (χ4n) is 2.55. The van der Waals surface area contributed by atoms with Crippen LogP contribution in [-0.4, -0.2) is 14.3 Å². The first-order chi connectivity index (χ1) is 13.2. The molecule has 3 aromatic carbocycles. The minimum atomic E-state index is -3.73. The summed E-state index contributed by atoms with van der Waals surface area (Å²) in [5.74, 6) is -0.872. The second-order valence-corrected chi connectivity index (χ2v) is 8.08. The molecule has 0 aliphatic heterocycles. The molecule has 7 heteroatoms. The smallest absolute Gasteiger partial charge is 0.261 e. The maximum absolute atomic E-state index is 13.2. The van der Waals surface area contributed by atoms with Crippen LogP contribution < -0.4 is 10.0 Å². The van der Waals surface area contributed by atoms with Gasteiger partial charge in [-0.05, 0) is 79.6 Å². The number of rotatable bonds is 5. The summed E-state index contributed by atoms with van der Waals surface area (Å²) in [5.41, 5.74) is 2.88. The molecule has 2 N–H and O–H groups in total. The lowest BCUT2D eigenvalue weighted by molar-refractivity contribution is 0.102. The van der Waals surface area contributed by atoms with Crippen molar-refractivity contribution in [2.24, 2.45) is 0 Å². The standard InChI is InChI=1S/C21H19FN2O3S/c1-14-6-11-20(12-15(14)2)28(26,27)24-18-9-7-16(8-10-18)21(25)23-19-5-3-4-17(22)13-19/h3-13,24H,1-2H3,(H,23,25). The Balaban J connectivity index is 1.73. The van der Waals surface area contributed by atoms with E-state index in [1.54, 1.807) is 24.3 Å². The summed E-state index contributed by atoms with van der Waals surface area (Å²) >= 11 is 0. The highest BCUT2D eigenvalue weighted by atomic mass is 32.2. The van der Waals surface area contributed by atoms with Gasteiger partial charge in [0.2, 0.25) is 0 Å². The lowest BCUT2D eigenvalue weighted by Gasteiger charge is -2.10. The van der Waals surface area contributed by atoms with Crippen LogP contribution >= 0.6 is 0 Å². The van der Waals surface area contributed by atoms with Gasteiger partial charge in [0.25, 0.3) is 15.9 Å². The van der Waals surface area contributed by atoms with Crippen LogP contribution in [0.25, 0.3) is 0 Å². The fraction of sp³-hybridized carbons (Fsp3) is 0.0952. The molecule has 0 fully saturated rings. The molecule has 0 spiro atoms. The number of benzene rings is 3. The highest BCUT2D eigenvalue weighted by Gasteiger charge is 2.15. The number of halogens is 1. The minimum Gasteiger partial charge on any atom is -0.322 e. The molecule has 0 heterocycles. The van der Waals surface area contributed by atoms with Gasteiger partial charge >= 0.3 is 0 Å². The first-order valence-corrected chi connectivity index (χ1v) is 10.00. The predicted octanol–water partition coefficient (Wildman–Crippen LogP) is 4.50. The second kappa shape index (κ2) is 7.82. The van der Waals surface area contributed by atoms with Crippen molar-refractivity contribution >= 4 is 27.3 Å².